The van der Waals surface area contributed by atoms with Crippen molar-refractivity contribution in [1.82, 2.24) is 10.2 Å². The number of carboxylic acid groups (broad SMARTS) is 1. The van der Waals surface area contributed by atoms with Gasteiger partial charge in [-0.1, -0.05) is 20.8 Å². The summed E-state index contributed by atoms with van der Waals surface area (Å²) in [5, 5.41) is 20.1. The minimum atomic E-state index is -1.06. The average molecular weight is 255 g/mol. The summed E-state index contributed by atoms with van der Waals surface area (Å²) in [5.74, 6) is -1.06. The maximum Gasteiger partial charge on any atom is 0.326 e. The molecular weight excluding hydrogens is 234 g/mol. The molecule has 0 aliphatic carbocycles. The van der Waals surface area contributed by atoms with Crippen molar-refractivity contribution in [3.63, 3.8) is 0 Å². The van der Waals surface area contributed by atoms with Crippen LogP contribution in [0.5, 0.6) is 0 Å². The number of carbonyl (C=O) groups excluding carboxylic acids is 1. The van der Waals surface area contributed by atoms with Crippen LogP contribution in [0.4, 0.5) is 4.79 Å². The van der Waals surface area contributed by atoms with Gasteiger partial charge in [0.15, 0.2) is 0 Å². The van der Waals surface area contributed by atoms with Crippen LogP contribution in [0.3, 0.4) is 0 Å². The normalized spacial score (nSPS) is 12.4. The smallest absolute Gasteiger partial charge is 0.326 e. The fourth-order valence-electron chi connectivity index (χ4n) is 1.45. The van der Waals surface area contributed by atoms with Crippen molar-refractivity contribution >= 4 is 12.0 Å². The number of nitrogens with zero attached hydrogens (tertiary/aromatic N) is 2. The van der Waals surface area contributed by atoms with Crippen LogP contribution in [0.2, 0.25) is 0 Å². The Bertz CT molecular complexity index is 341. The van der Waals surface area contributed by atoms with Gasteiger partial charge in [-0.05, 0) is 12.3 Å². The fraction of sp³-hybridized carbons (Fsp3) is 0.750. The number of aliphatic carboxylic acids is 1. The molecule has 0 fully saturated rings. The Morgan fingerprint density at radius 2 is 2.00 bits per heavy atom. The maximum absolute atomic E-state index is 11.9. The third-order valence-corrected chi connectivity index (χ3v) is 2.54. The Morgan fingerprint density at radius 3 is 2.33 bits per heavy atom. The summed E-state index contributed by atoms with van der Waals surface area (Å²) >= 11 is 0. The van der Waals surface area contributed by atoms with Crippen molar-refractivity contribution in [1.29, 1.82) is 5.26 Å². The monoisotopic (exact) mass is 255 g/mol. The highest BCUT2D eigenvalue weighted by Gasteiger charge is 2.33. The molecule has 0 aromatic rings. The van der Waals surface area contributed by atoms with E-state index in [4.69, 9.17) is 10.4 Å². The van der Waals surface area contributed by atoms with Crippen molar-refractivity contribution in [2.24, 2.45) is 5.41 Å². The molecule has 0 aromatic carbocycles. The van der Waals surface area contributed by atoms with Crippen molar-refractivity contribution in [3.05, 3.63) is 0 Å². The Labute approximate surface area is 108 Å². The lowest BCUT2D eigenvalue weighted by atomic mass is 9.87. The first-order chi connectivity index (χ1) is 8.23. The van der Waals surface area contributed by atoms with Crippen molar-refractivity contribution in [2.45, 2.75) is 40.2 Å². The van der Waals surface area contributed by atoms with Crippen LogP contribution in [-0.2, 0) is 4.79 Å². The Kier molecular flexibility index (Phi) is 6.17. The summed E-state index contributed by atoms with van der Waals surface area (Å²) in [5.41, 5.74) is -0.573. The molecule has 6 nitrogen and oxygen atoms in total. The zero-order chi connectivity index (χ0) is 14.3. The van der Waals surface area contributed by atoms with Crippen molar-refractivity contribution in [3.8, 4) is 6.07 Å². The van der Waals surface area contributed by atoms with Gasteiger partial charge in [-0.15, -0.1) is 0 Å². The number of urea groups is 1. The van der Waals surface area contributed by atoms with Crippen molar-refractivity contribution < 1.29 is 14.7 Å². The summed E-state index contributed by atoms with van der Waals surface area (Å²) < 4.78 is 0. The highest BCUT2D eigenvalue weighted by molar-refractivity contribution is 5.83. The lowest BCUT2D eigenvalue weighted by molar-refractivity contribution is -0.142. The molecule has 18 heavy (non-hydrogen) atoms. The van der Waals surface area contributed by atoms with Gasteiger partial charge in [0.05, 0.1) is 12.5 Å². The molecule has 0 radical (unpaired) electrons. The molecule has 0 rings (SSSR count). The number of nitriles is 1. The molecule has 0 aliphatic heterocycles. The van der Waals surface area contributed by atoms with E-state index in [2.05, 4.69) is 5.32 Å². The largest absolute Gasteiger partial charge is 0.480 e. The maximum atomic E-state index is 11.9. The number of rotatable bonds is 5. The summed E-state index contributed by atoms with van der Waals surface area (Å²) in [6.07, 6.45) is 0.231. The van der Waals surface area contributed by atoms with E-state index in [1.54, 1.807) is 27.7 Å². The van der Waals surface area contributed by atoms with Gasteiger partial charge in [-0.2, -0.15) is 5.26 Å². The van der Waals surface area contributed by atoms with Gasteiger partial charge in [0, 0.05) is 13.1 Å². The number of nitrogens with one attached hydrogen (secondary N) is 1. The number of hydrogen-bond acceptors (Lipinski definition) is 3. The number of amides is 2. The zero-order valence-electron chi connectivity index (χ0n) is 11.4. The number of hydrogen-bond donors (Lipinski definition) is 2. The van der Waals surface area contributed by atoms with Gasteiger partial charge in [0.1, 0.15) is 6.04 Å². The molecule has 0 saturated carbocycles. The first kappa shape index (κ1) is 16.2. The number of carboxylic acids is 1. The third kappa shape index (κ3) is 5.04. The van der Waals surface area contributed by atoms with Gasteiger partial charge < -0.3 is 15.3 Å². The fourth-order valence-corrected chi connectivity index (χ4v) is 1.45. The lowest BCUT2D eigenvalue weighted by Gasteiger charge is -2.30. The van der Waals surface area contributed by atoms with E-state index >= 15 is 0 Å². The molecule has 6 heteroatoms. The minimum Gasteiger partial charge on any atom is -0.480 e. The van der Waals surface area contributed by atoms with Crippen molar-refractivity contribution in [2.75, 3.05) is 13.1 Å². The summed E-state index contributed by atoms with van der Waals surface area (Å²) in [7, 11) is 0. The van der Waals surface area contributed by atoms with Crippen LogP contribution >= 0.6 is 0 Å². The van der Waals surface area contributed by atoms with E-state index in [1.165, 1.54) is 4.90 Å². The van der Waals surface area contributed by atoms with Gasteiger partial charge in [-0.25, -0.2) is 9.59 Å². The Balaban J connectivity index is 4.69. The molecule has 102 valence electrons. The van der Waals surface area contributed by atoms with Crippen LogP contribution in [0.25, 0.3) is 0 Å². The van der Waals surface area contributed by atoms with E-state index in [-0.39, 0.29) is 6.42 Å². The molecule has 1 atom stereocenters. The van der Waals surface area contributed by atoms with Crippen LogP contribution in [0.1, 0.15) is 34.1 Å². The molecule has 0 aromatic heterocycles. The topological polar surface area (TPSA) is 93.4 Å². The number of carbonyl (C=O) groups is 2. The van der Waals surface area contributed by atoms with E-state index in [0.717, 1.165) is 0 Å². The lowest BCUT2D eigenvalue weighted by Crippen LogP contribution is -2.53. The second-order valence-corrected chi connectivity index (χ2v) is 5.07. The molecule has 0 heterocycles. The SMILES string of the molecule is CCN(CCC#N)C(=O)N[C@@H](C(=O)O)C(C)(C)C. The average Bonchev–Trinajstić information content (AvgIpc) is 2.24. The summed E-state index contributed by atoms with van der Waals surface area (Å²) in [6.45, 7) is 7.76. The molecule has 0 aliphatic rings. The van der Waals surface area contributed by atoms with Gasteiger partial charge in [0.2, 0.25) is 0 Å². The summed E-state index contributed by atoms with van der Waals surface area (Å²) in [4.78, 5) is 24.4. The quantitative estimate of drug-likeness (QED) is 0.777. The van der Waals surface area contributed by atoms with Crippen LogP contribution in [-0.4, -0.2) is 41.1 Å². The first-order valence-corrected chi connectivity index (χ1v) is 5.89. The van der Waals surface area contributed by atoms with Crippen LogP contribution in [0.15, 0.2) is 0 Å². The van der Waals surface area contributed by atoms with E-state index < -0.39 is 23.5 Å². The van der Waals surface area contributed by atoms with E-state index in [1.807, 2.05) is 6.07 Å². The predicted octanol–water partition coefficient (Wildman–Crippen LogP) is 1.43. The predicted molar refractivity (Wildman–Crippen MR) is 66.9 cm³/mol. The highest BCUT2D eigenvalue weighted by atomic mass is 16.4. The molecule has 0 bridgehead atoms. The summed E-state index contributed by atoms with van der Waals surface area (Å²) in [6, 6.07) is 0.549. The van der Waals surface area contributed by atoms with Crippen LogP contribution < -0.4 is 5.32 Å². The first-order valence-electron chi connectivity index (χ1n) is 5.89. The van der Waals surface area contributed by atoms with E-state index in [9.17, 15) is 9.59 Å². The third-order valence-electron chi connectivity index (χ3n) is 2.54. The standard InChI is InChI=1S/C12H21N3O3/c1-5-15(8-6-7-13)11(18)14-9(10(16)17)12(2,3)4/h9H,5-6,8H2,1-4H3,(H,14,18)(H,16,17)/t9-/m0/s1. The molecule has 2 N–H and O–H groups in total. The van der Waals surface area contributed by atoms with E-state index in [0.29, 0.717) is 13.1 Å². The second-order valence-electron chi connectivity index (χ2n) is 5.07. The molecule has 2 amide bonds. The van der Waals surface area contributed by atoms with Gasteiger partial charge in [0.25, 0.3) is 0 Å². The second kappa shape index (κ2) is 6.84. The molecular formula is C12H21N3O3. The Morgan fingerprint density at radius 1 is 1.44 bits per heavy atom. The molecule has 0 saturated heterocycles. The molecule has 0 spiro atoms. The van der Waals surface area contributed by atoms with Gasteiger partial charge in [-0.3, -0.25) is 0 Å². The van der Waals surface area contributed by atoms with Crippen LogP contribution in [0, 0.1) is 16.7 Å². The highest BCUT2D eigenvalue weighted by Crippen LogP contribution is 2.19. The Hall–Kier alpha value is -1.77. The molecule has 0 unspecified atom stereocenters. The minimum absolute atomic E-state index is 0.231. The zero-order valence-corrected chi connectivity index (χ0v) is 11.4. The van der Waals surface area contributed by atoms with Gasteiger partial charge >= 0.3 is 12.0 Å².